The van der Waals surface area contributed by atoms with E-state index in [1.54, 1.807) is 0 Å². The molecule has 2 heterocycles. The Kier molecular flexibility index (Phi) is 7.78. The third kappa shape index (κ3) is 5.13. The predicted molar refractivity (Wildman–Crippen MR) is 116 cm³/mol. The summed E-state index contributed by atoms with van der Waals surface area (Å²) in [7, 11) is -3.94. The van der Waals surface area contributed by atoms with Gasteiger partial charge in [-0.25, -0.2) is 8.42 Å². The molecule has 31 heavy (non-hydrogen) atoms. The fourth-order valence-corrected chi connectivity index (χ4v) is 5.06. The van der Waals surface area contributed by atoms with Crippen molar-refractivity contribution in [2.24, 2.45) is 0 Å². The third-order valence-corrected chi connectivity index (χ3v) is 7.01. The van der Waals surface area contributed by atoms with Gasteiger partial charge in [0.25, 0.3) is 11.8 Å². The summed E-state index contributed by atoms with van der Waals surface area (Å²) >= 11 is 2.17. The first-order valence-corrected chi connectivity index (χ1v) is 12.7. The molecular formula is C19H21IN2O8S. The number of sulfone groups is 1. The first-order chi connectivity index (χ1) is 14.8. The number of hydrogen-bond acceptors (Lipinski definition) is 8. The van der Waals surface area contributed by atoms with Gasteiger partial charge in [-0.3, -0.25) is 29.4 Å². The molecule has 0 aliphatic carbocycles. The van der Waals surface area contributed by atoms with Crippen molar-refractivity contribution in [3.63, 3.8) is 0 Å². The number of hydrogen-bond donors (Lipinski definition) is 1. The van der Waals surface area contributed by atoms with Crippen LogP contribution < -0.4 is 5.32 Å². The van der Waals surface area contributed by atoms with Gasteiger partial charge in [0, 0.05) is 10.8 Å². The molecule has 1 unspecified atom stereocenters. The van der Waals surface area contributed by atoms with Gasteiger partial charge in [-0.05, 0) is 18.6 Å². The number of amides is 4. The Bertz CT molecular complexity index is 1010. The minimum absolute atomic E-state index is 0.00825. The number of alkyl halides is 1. The first kappa shape index (κ1) is 23.8. The Morgan fingerprint density at radius 2 is 1.74 bits per heavy atom. The Labute approximate surface area is 192 Å². The second-order valence-corrected chi connectivity index (χ2v) is 10.0. The summed E-state index contributed by atoms with van der Waals surface area (Å²) in [5.74, 6) is -3.23. The molecule has 2 aliphatic rings. The number of imide groups is 2. The summed E-state index contributed by atoms with van der Waals surface area (Å²) in [6.07, 6.45) is -0.0282. The zero-order valence-electron chi connectivity index (χ0n) is 16.5. The monoisotopic (exact) mass is 564 g/mol. The first-order valence-electron chi connectivity index (χ1n) is 9.56. The van der Waals surface area contributed by atoms with Gasteiger partial charge in [0.05, 0.1) is 48.2 Å². The molecule has 0 bridgehead atoms. The van der Waals surface area contributed by atoms with Crippen molar-refractivity contribution in [2.45, 2.75) is 23.8 Å². The summed E-state index contributed by atoms with van der Waals surface area (Å²) in [5.41, 5.74) is -0.327. The van der Waals surface area contributed by atoms with E-state index < -0.39 is 39.5 Å². The largest absolute Gasteiger partial charge is 0.378 e. The summed E-state index contributed by atoms with van der Waals surface area (Å²) in [5, 5.41) is 2.10. The molecule has 0 aromatic heterocycles. The van der Waals surface area contributed by atoms with Crippen molar-refractivity contribution >= 4 is 56.1 Å². The van der Waals surface area contributed by atoms with Crippen LogP contribution in [0.3, 0.4) is 0 Å². The number of carbonyl (C=O) groups excluding carboxylic acids is 4. The van der Waals surface area contributed by atoms with E-state index in [4.69, 9.17) is 9.47 Å². The van der Waals surface area contributed by atoms with E-state index in [2.05, 4.69) is 27.9 Å². The van der Waals surface area contributed by atoms with Crippen molar-refractivity contribution in [1.29, 1.82) is 0 Å². The second-order valence-electron chi connectivity index (χ2n) is 6.86. The van der Waals surface area contributed by atoms with E-state index in [1.807, 2.05) is 0 Å². The number of ether oxygens (including phenoxy) is 2. The number of piperidine rings is 1. The molecule has 1 atom stereocenters. The van der Waals surface area contributed by atoms with E-state index in [0.717, 1.165) is 9.33 Å². The Morgan fingerprint density at radius 3 is 2.42 bits per heavy atom. The highest BCUT2D eigenvalue weighted by Crippen LogP contribution is 2.32. The van der Waals surface area contributed by atoms with Crippen molar-refractivity contribution in [1.82, 2.24) is 10.2 Å². The number of halogens is 1. The van der Waals surface area contributed by atoms with Crippen LogP contribution in [-0.2, 0) is 28.9 Å². The smallest absolute Gasteiger partial charge is 0.263 e. The van der Waals surface area contributed by atoms with Crippen molar-refractivity contribution in [3.05, 3.63) is 29.3 Å². The molecule has 2 aliphatic heterocycles. The normalized spacial score (nSPS) is 19.0. The highest BCUT2D eigenvalue weighted by atomic mass is 127. The summed E-state index contributed by atoms with van der Waals surface area (Å²) in [6, 6.07) is 2.83. The Morgan fingerprint density at radius 1 is 1.03 bits per heavy atom. The quantitative estimate of drug-likeness (QED) is 0.186. The van der Waals surface area contributed by atoms with Crippen LogP contribution in [-0.4, -0.2) is 79.6 Å². The lowest BCUT2D eigenvalue weighted by molar-refractivity contribution is -0.136. The van der Waals surface area contributed by atoms with Crippen LogP contribution in [0.5, 0.6) is 0 Å². The van der Waals surface area contributed by atoms with Crippen molar-refractivity contribution in [2.75, 3.05) is 36.6 Å². The maximum Gasteiger partial charge on any atom is 0.263 e. The molecule has 1 aromatic rings. The predicted octanol–water partition coefficient (Wildman–Crippen LogP) is 0.330. The van der Waals surface area contributed by atoms with Crippen LogP contribution >= 0.6 is 22.6 Å². The number of rotatable bonds is 10. The van der Waals surface area contributed by atoms with Crippen LogP contribution in [0.15, 0.2) is 23.1 Å². The number of nitrogens with one attached hydrogen (secondary N) is 1. The molecule has 1 N–H and O–H groups in total. The fourth-order valence-electron chi connectivity index (χ4n) is 3.40. The fraction of sp³-hybridized carbons (Fsp3) is 0.474. The van der Waals surface area contributed by atoms with Crippen molar-refractivity contribution < 1.29 is 37.1 Å². The van der Waals surface area contributed by atoms with Gasteiger partial charge in [-0.15, -0.1) is 0 Å². The lowest BCUT2D eigenvalue weighted by atomic mass is 10.0. The molecule has 12 heteroatoms. The van der Waals surface area contributed by atoms with E-state index in [9.17, 15) is 27.6 Å². The molecule has 3 rings (SSSR count). The average molecular weight is 564 g/mol. The second kappa shape index (κ2) is 10.1. The molecule has 1 saturated heterocycles. The number of nitrogens with zero attached hydrogens (tertiary/aromatic N) is 1. The molecule has 4 amide bonds. The lowest BCUT2D eigenvalue weighted by Gasteiger charge is -2.27. The standard InChI is InChI=1S/C19H21IN2O8S/c20-6-7-29-8-9-30-10-11-31(27,28)14-3-1-2-12-16(14)19(26)22(18(12)25)13-4-5-15(23)21-17(13)24/h1-3,13H,4-11H2,(H,21,23,24). The van der Waals surface area contributed by atoms with Crippen LogP contribution in [0.1, 0.15) is 33.6 Å². The Hall–Kier alpha value is -1.90. The lowest BCUT2D eigenvalue weighted by Crippen LogP contribution is -2.54. The van der Waals surface area contributed by atoms with Crippen LogP contribution in [0.2, 0.25) is 0 Å². The highest BCUT2D eigenvalue weighted by molar-refractivity contribution is 14.1. The van der Waals surface area contributed by atoms with Crippen LogP contribution in [0, 0.1) is 0 Å². The molecule has 1 aromatic carbocycles. The summed E-state index contributed by atoms with van der Waals surface area (Å²) < 4.78 is 37.1. The SMILES string of the molecule is O=C1CCC(N2C(=O)c3cccc(S(=O)(=O)CCOCCOCCI)c3C2=O)C(=O)N1. The maximum absolute atomic E-state index is 13.0. The van der Waals surface area contributed by atoms with E-state index in [0.29, 0.717) is 13.2 Å². The molecule has 0 saturated carbocycles. The van der Waals surface area contributed by atoms with Gasteiger partial charge in [0.1, 0.15) is 6.04 Å². The molecule has 168 valence electrons. The third-order valence-electron chi connectivity index (χ3n) is 4.85. The van der Waals surface area contributed by atoms with Gasteiger partial charge in [0.2, 0.25) is 11.8 Å². The zero-order chi connectivity index (χ0) is 22.6. The van der Waals surface area contributed by atoms with E-state index >= 15 is 0 Å². The number of benzene rings is 1. The average Bonchev–Trinajstić information content (AvgIpc) is 2.98. The number of carbonyl (C=O) groups is 4. The molecule has 0 spiro atoms. The zero-order valence-corrected chi connectivity index (χ0v) is 19.4. The maximum atomic E-state index is 13.0. The van der Waals surface area contributed by atoms with Gasteiger partial charge in [-0.2, -0.15) is 0 Å². The van der Waals surface area contributed by atoms with Gasteiger partial charge in [0.15, 0.2) is 9.84 Å². The molecular weight excluding hydrogens is 543 g/mol. The molecule has 0 radical (unpaired) electrons. The molecule has 1 fully saturated rings. The van der Waals surface area contributed by atoms with E-state index in [-0.39, 0.29) is 47.8 Å². The summed E-state index contributed by atoms with van der Waals surface area (Å²) in [4.78, 5) is 49.8. The van der Waals surface area contributed by atoms with Crippen LogP contribution in [0.4, 0.5) is 0 Å². The van der Waals surface area contributed by atoms with Gasteiger partial charge >= 0.3 is 0 Å². The highest BCUT2D eigenvalue weighted by Gasteiger charge is 2.46. The van der Waals surface area contributed by atoms with Crippen LogP contribution in [0.25, 0.3) is 0 Å². The van der Waals surface area contributed by atoms with E-state index in [1.165, 1.54) is 18.2 Å². The molecule has 10 nitrogen and oxygen atoms in total. The van der Waals surface area contributed by atoms with Crippen molar-refractivity contribution in [3.8, 4) is 0 Å². The minimum Gasteiger partial charge on any atom is -0.378 e. The van der Waals surface area contributed by atoms with Gasteiger partial charge < -0.3 is 9.47 Å². The van der Waals surface area contributed by atoms with Gasteiger partial charge in [-0.1, -0.05) is 28.7 Å². The number of fused-ring (bicyclic) bond motifs is 1. The summed E-state index contributed by atoms with van der Waals surface area (Å²) in [6.45, 7) is 1.06. The Balaban J connectivity index is 1.75. The topological polar surface area (TPSA) is 136 Å². The minimum atomic E-state index is -3.94.